The van der Waals surface area contributed by atoms with Crippen LogP contribution in [0.1, 0.15) is 35.6 Å². The number of halogens is 1. The lowest BCUT2D eigenvalue weighted by Gasteiger charge is -2.39. The molecule has 2 heterocycles. The van der Waals surface area contributed by atoms with Crippen LogP contribution in [0, 0.1) is 0 Å². The van der Waals surface area contributed by atoms with Crippen LogP contribution >= 0.6 is 11.6 Å². The molecule has 0 saturated heterocycles. The Labute approximate surface area is 180 Å². The first-order chi connectivity index (χ1) is 14.3. The summed E-state index contributed by atoms with van der Waals surface area (Å²) in [5, 5.41) is 12.4. The zero-order valence-electron chi connectivity index (χ0n) is 16.2. The van der Waals surface area contributed by atoms with Crippen LogP contribution in [-0.2, 0) is 21.0 Å². The Morgan fingerprint density at radius 1 is 1.13 bits per heavy atom. The number of ether oxygens (including phenoxy) is 1. The number of fused-ring (bicyclic) bond motifs is 3. The average Bonchev–Trinajstić information content (AvgIpc) is 3.15. The minimum Gasteiger partial charge on any atom is -0.476 e. The first-order valence-corrected chi connectivity index (χ1v) is 12.0. The summed E-state index contributed by atoms with van der Waals surface area (Å²) < 4.78 is 30.4. The second kappa shape index (κ2) is 6.54. The third-order valence-electron chi connectivity index (χ3n) is 6.30. The van der Waals surface area contributed by atoms with E-state index in [1.807, 2.05) is 30.3 Å². The Bertz CT molecular complexity index is 1230. The molecule has 5 rings (SSSR count). The smallest absolute Gasteiger partial charge is 0.175 e. The SMILES string of the molecule is CS(=O)(=O)c1ccc(C23Oc4cc(Cl)cnc4C2(O)CCC3c2ccccc2)cc1. The van der Waals surface area contributed by atoms with Gasteiger partial charge < -0.3 is 9.84 Å². The van der Waals surface area contributed by atoms with E-state index in [4.69, 9.17) is 16.3 Å². The molecule has 1 aliphatic carbocycles. The number of sulfone groups is 1. The molecule has 1 N–H and O–H groups in total. The number of aromatic nitrogens is 1. The van der Waals surface area contributed by atoms with Gasteiger partial charge in [-0.1, -0.05) is 54.1 Å². The summed E-state index contributed by atoms with van der Waals surface area (Å²) in [4.78, 5) is 4.65. The summed E-state index contributed by atoms with van der Waals surface area (Å²) in [6.07, 6.45) is 3.84. The van der Waals surface area contributed by atoms with Crippen molar-refractivity contribution in [1.82, 2.24) is 4.98 Å². The van der Waals surface area contributed by atoms with Gasteiger partial charge in [0.15, 0.2) is 21.0 Å². The Balaban J connectivity index is 1.74. The molecule has 2 aromatic carbocycles. The summed E-state index contributed by atoms with van der Waals surface area (Å²) in [7, 11) is -3.34. The van der Waals surface area contributed by atoms with E-state index in [2.05, 4.69) is 4.98 Å². The van der Waals surface area contributed by atoms with Crippen LogP contribution in [0.15, 0.2) is 71.8 Å². The van der Waals surface area contributed by atoms with Crippen molar-refractivity contribution >= 4 is 21.4 Å². The van der Waals surface area contributed by atoms with E-state index in [1.165, 1.54) is 12.5 Å². The largest absolute Gasteiger partial charge is 0.476 e. The van der Waals surface area contributed by atoms with Crippen LogP contribution in [0.2, 0.25) is 5.02 Å². The Hall–Kier alpha value is -2.41. The molecule has 3 atom stereocenters. The van der Waals surface area contributed by atoms with Crippen LogP contribution in [0.3, 0.4) is 0 Å². The van der Waals surface area contributed by atoms with Gasteiger partial charge in [-0.3, -0.25) is 4.98 Å². The molecule has 30 heavy (non-hydrogen) atoms. The number of nitrogens with zero attached hydrogens (tertiary/aromatic N) is 1. The zero-order valence-corrected chi connectivity index (χ0v) is 17.8. The maximum Gasteiger partial charge on any atom is 0.175 e. The summed E-state index contributed by atoms with van der Waals surface area (Å²) in [5.74, 6) is 0.304. The molecule has 154 valence electrons. The van der Waals surface area contributed by atoms with Crippen molar-refractivity contribution in [3.05, 3.63) is 88.7 Å². The molecular weight excluding hydrogens is 422 g/mol. The second-order valence-corrected chi connectivity index (χ2v) is 10.4. The van der Waals surface area contributed by atoms with E-state index in [-0.39, 0.29) is 10.8 Å². The maximum absolute atomic E-state index is 12.0. The molecular formula is C23H20ClNO4S. The van der Waals surface area contributed by atoms with E-state index in [9.17, 15) is 13.5 Å². The standard InChI is InChI=1S/C23H20ClNO4S/c1-30(27,28)18-9-7-16(8-10-18)23-19(15-5-3-2-4-6-15)11-12-22(23,26)21-20(29-23)13-17(24)14-25-21/h2-10,13-14,19,26H,11-12H2,1H3. The van der Waals surface area contributed by atoms with Gasteiger partial charge >= 0.3 is 0 Å². The predicted molar refractivity (Wildman–Crippen MR) is 113 cm³/mol. The molecule has 3 aromatic rings. The lowest BCUT2D eigenvalue weighted by molar-refractivity contribution is -0.107. The minimum atomic E-state index is -3.34. The van der Waals surface area contributed by atoms with Gasteiger partial charge in [-0.25, -0.2) is 8.42 Å². The molecule has 3 unspecified atom stereocenters. The van der Waals surface area contributed by atoms with Crippen molar-refractivity contribution in [3.63, 3.8) is 0 Å². The molecule has 0 radical (unpaired) electrons. The Morgan fingerprint density at radius 3 is 2.50 bits per heavy atom. The topological polar surface area (TPSA) is 76.5 Å². The molecule has 2 aliphatic rings. The molecule has 0 bridgehead atoms. The number of aliphatic hydroxyl groups is 1. The van der Waals surface area contributed by atoms with Crippen molar-refractivity contribution in [1.29, 1.82) is 0 Å². The third-order valence-corrected chi connectivity index (χ3v) is 7.63. The summed E-state index contributed by atoms with van der Waals surface area (Å²) in [6.45, 7) is 0. The molecule has 1 aliphatic heterocycles. The molecule has 1 fully saturated rings. The quantitative estimate of drug-likeness (QED) is 0.659. The highest BCUT2D eigenvalue weighted by atomic mass is 35.5. The zero-order chi connectivity index (χ0) is 21.1. The first kappa shape index (κ1) is 19.5. The molecule has 0 spiro atoms. The number of pyridine rings is 1. The molecule has 1 saturated carbocycles. The van der Waals surface area contributed by atoms with E-state index in [0.717, 1.165) is 5.56 Å². The molecule has 1 aromatic heterocycles. The lowest BCUT2D eigenvalue weighted by Crippen LogP contribution is -2.48. The summed E-state index contributed by atoms with van der Waals surface area (Å²) >= 11 is 6.15. The molecule has 7 heteroatoms. The van der Waals surface area contributed by atoms with Gasteiger partial charge in [-0.15, -0.1) is 0 Å². The van der Waals surface area contributed by atoms with Gasteiger partial charge in [0.1, 0.15) is 11.4 Å². The van der Waals surface area contributed by atoms with E-state index in [1.54, 1.807) is 30.3 Å². The first-order valence-electron chi connectivity index (χ1n) is 9.69. The number of benzene rings is 2. The highest BCUT2D eigenvalue weighted by Gasteiger charge is 2.69. The van der Waals surface area contributed by atoms with Gasteiger partial charge in [0.05, 0.1) is 9.92 Å². The van der Waals surface area contributed by atoms with Crippen molar-refractivity contribution in [2.75, 3.05) is 6.26 Å². The Kier molecular flexibility index (Phi) is 4.26. The van der Waals surface area contributed by atoms with Gasteiger partial charge in [0.25, 0.3) is 0 Å². The van der Waals surface area contributed by atoms with Crippen molar-refractivity contribution in [3.8, 4) is 5.75 Å². The number of hydrogen-bond acceptors (Lipinski definition) is 5. The summed E-state index contributed by atoms with van der Waals surface area (Å²) in [5.41, 5.74) is -0.278. The Morgan fingerprint density at radius 2 is 1.83 bits per heavy atom. The monoisotopic (exact) mass is 441 g/mol. The second-order valence-electron chi connectivity index (χ2n) is 8.00. The van der Waals surface area contributed by atoms with E-state index >= 15 is 0 Å². The van der Waals surface area contributed by atoms with Crippen molar-refractivity contribution < 1.29 is 18.3 Å². The fourth-order valence-electron chi connectivity index (χ4n) is 5.00. The summed E-state index contributed by atoms with van der Waals surface area (Å²) in [6, 6.07) is 18.2. The molecule has 0 amide bonds. The average molecular weight is 442 g/mol. The van der Waals surface area contributed by atoms with Gasteiger partial charge in [0, 0.05) is 24.4 Å². The lowest BCUT2D eigenvalue weighted by atomic mass is 9.73. The number of rotatable bonds is 3. The number of hydrogen-bond donors (Lipinski definition) is 1. The van der Waals surface area contributed by atoms with Crippen molar-refractivity contribution in [2.24, 2.45) is 0 Å². The fourth-order valence-corrected chi connectivity index (χ4v) is 5.78. The van der Waals surface area contributed by atoms with Crippen LogP contribution in [0.25, 0.3) is 0 Å². The van der Waals surface area contributed by atoms with Crippen LogP contribution in [0.5, 0.6) is 5.75 Å². The highest BCUT2D eigenvalue weighted by Crippen LogP contribution is 2.66. The minimum absolute atomic E-state index is 0.152. The van der Waals surface area contributed by atoms with E-state index in [0.29, 0.717) is 34.9 Å². The van der Waals surface area contributed by atoms with Crippen LogP contribution < -0.4 is 4.74 Å². The fraction of sp³-hybridized carbons (Fsp3) is 0.261. The third kappa shape index (κ3) is 2.64. The highest BCUT2D eigenvalue weighted by molar-refractivity contribution is 7.90. The normalized spacial score (nSPS) is 27.4. The van der Waals surface area contributed by atoms with Crippen LogP contribution in [0.4, 0.5) is 0 Å². The van der Waals surface area contributed by atoms with E-state index < -0.39 is 21.0 Å². The predicted octanol–water partition coefficient (Wildman–Crippen LogP) is 4.19. The van der Waals surface area contributed by atoms with Gasteiger partial charge in [0.2, 0.25) is 0 Å². The van der Waals surface area contributed by atoms with Crippen LogP contribution in [-0.4, -0.2) is 24.8 Å². The molecule has 5 nitrogen and oxygen atoms in total. The van der Waals surface area contributed by atoms with Crippen molar-refractivity contribution in [2.45, 2.75) is 34.9 Å². The van der Waals surface area contributed by atoms with Gasteiger partial charge in [-0.2, -0.15) is 0 Å². The maximum atomic E-state index is 12.0. The van der Waals surface area contributed by atoms with Gasteiger partial charge in [-0.05, 0) is 36.1 Å².